The van der Waals surface area contributed by atoms with Crippen LogP contribution in [-0.2, 0) is 11.2 Å². The Balaban J connectivity index is 1.09. The molecule has 188 valence electrons. The number of nitrogens with zero attached hydrogens (tertiary/aromatic N) is 2. The van der Waals surface area contributed by atoms with Crippen LogP contribution in [0.3, 0.4) is 0 Å². The van der Waals surface area contributed by atoms with Gasteiger partial charge >= 0.3 is 5.97 Å². The van der Waals surface area contributed by atoms with E-state index in [1.165, 1.54) is 0 Å². The minimum absolute atomic E-state index is 0.0699. The number of piperidine rings is 1. The number of benzene rings is 3. The summed E-state index contributed by atoms with van der Waals surface area (Å²) in [6.45, 7) is 2.29. The fraction of sp³-hybridized carbons (Fsp3) is 0.233. The second-order valence-electron chi connectivity index (χ2n) is 9.39. The highest BCUT2D eigenvalue weighted by atomic mass is 16.5. The van der Waals surface area contributed by atoms with Gasteiger partial charge in [0.15, 0.2) is 0 Å². The summed E-state index contributed by atoms with van der Waals surface area (Å²) in [6, 6.07) is 24.6. The molecule has 7 heteroatoms. The number of aromatic nitrogens is 1. The number of nitrogens with one attached hydrogen (secondary N) is 1. The lowest BCUT2D eigenvalue weighted by Gasteiger charge is -2.32. The Hall–Kier alpha value is -4.39. The number of ether oxygens (including phenoxy) is 1. The Bertz CT molecular complexity index is 1400. The van der Waals surface area contributed by atoms with E-state index < -0.39 is 5.97 Å². The van der Waals surface area contributed by atoms with Crippen molar-refractivity contribution in [1.82, 2.24) is 4.98 Å². The number of aromatic carboxylic acids is 1. The van der Waals surface area contributed by atoms with Gasteiger partial charge in [-0.3, -0.25) is 4.79 Å². The third-order valence-corrected chi connectivity index (χ3v) is 6.72. The third kappa shape index (κ3) is 6.25. The summed E-state index contributed by atoms with van der Waals surface area (Å²) in [4.78, 5) is 30.5. The molecule has 1 aliphatic rings. The zero-order valence-corrected chi connectivity index (χ0v) is 20.5. The maximum atomic E-state index is 12.6. The van der Waals surface area contributed by atoms with Gasteiger partial charge in [0.1, 0.15) is 11.6 Å². The number of carbonyl (C=O) groups is 2. The molecule has 4 aromatic rings. The van der Waals surface area contributed by atoms with Crippen LogP contribution in [0.25, 0.3) is 10.8 Å². The third-order valence-electron chi connectivity index (χ3n) is 6.72. The maximum Gasteiger partial charge on any atom is 0.335 e. The van der Waals surface area contributed by atoms with Gasteiger partial charge < -0.3 is 20.1 Å². The van der Waals surface area contributed by atoms with Gasteiger partial charge in [-0.2, -0.15) is 0 Å². The molecule has 37 heavy (non-hydrogen) atoms. The Kier molecular flexibility index (Phi) is 7.31. The number of pyridine rings is 1. The predicted octanol–water partition coefficient (Wildman–Crippen LogP) is 5.41. The Morgan fingerprint density at radius 2 is 1.76 bits per heavy atom. The van der Waals surface area contributed by atoms with E-state index in [4.69, 9.17) is 9.84 Å². The van der Waals surface area contributed by atoms with Crippen molar-refractivity contribution in [2.45, 2.75) is 19.3 Å². The summed E-state index contributed by atoms with van der Waals surface area (Å²) in [5.41, 5.74) is 1.88. The van der Waals surface area contributed by atoms with Gasteiger partial charge in [-0.15, -0.1) is 0 Å². The van der Waals surface area contributed by atoms with Crippen LogP contribution in [0.1, 0.15) is 28.8 Å². The van der Waals surface area contributed by atoms with Gasteiger partial charge in [0.2, 0.25) is 5.91 Å². The molecule has 2 N–H and O–H groups in total. The number of carboxylic acids is 1. The van der Waals surface area contributed by atoms with Crippen LogP contribution in [0.15, 0.2) is 85.1 Å². The molecule has 0 radical (unpaired) electrons. The Labute approximate surface area is 215 Å². The number of carbonyl (C=O) groups excluding carboxylic acids is 1. The maximum absolute atomic E-state index is 12.6. The minimum atomic E-state index is -0.957. The highest BCUT2D eigenvalue weighted by Gasteiger charge is 2.21. The summed E-state index contributed by atoms with van der Waals surface area (Å²) < 4.78 is 5.86. The van der Waals surface area contributed by atoms with Gasteiger partial charge in [0.25, 0.3) is 0 Å². The van der Waals surface area contributed by atoms with E-state index in [1.807, 2.05) is 36.4 Å². The van der Waals surface area contributed by atoms with Gasteiger partial charge in [0.05, 0.1) is 30.5 Å². The molecule has 1 fully saturated rings. The number of anilines is 2. The van der Waals surface area contributed by atoms with Crippen LogP contribution < -0.4 is 15.0 Å². The van der Waals surface area contributed by atoms with Crippen LogP contribution >= 0.6 is 0 Å². The molecule has 2 heterocycles. The fourth-order valence-corrected chi connectivity index (χ4v) is 4.65. The molecule has 0 spiro atoms. The van der Waals surface area contributed by atoms with Gasteiger partial charge in [0, 0.05) is 13.1 Å². The summed E-state index contributed by atoms with van der Waals surface area (Å²) in [7, 11) is 0. The van der Waals surface area contributed by atoms with Crippen LogP contribution in [0.5, 0.6) is 5.75 Å². The summed E-state index contributed by atoms with van der Waals surface area (Å²) in [5.74, 6) is 0.850. The van der Waals surface area contributed by atoms with Crippen molar-refractivity contribution in [3.8, 4) is 5.75 Å². The lowest BCUT2D eigenvalue weighted by molar-refractivity contribution is -0.115. The van der Waals surface area contributed by atoms with Crippen molar-refractivity contribution in [2.75, 3.05) is 29.9 Å². The number of fused-ring (bicyclic) bond motifs is 1. The normalized spacial score (nSPS) is 13.9. The largest absolute Gasteiger partial charge is 0.493 e. The molecule has 1 aliphatic heterocycles. The molecule has 7 nitrogen and oxygen atoms in total. The molecule has 0 unspecified atom stereocenters. The van der Waals surface area contributed by atoms with Crippen LogP contribution in [0.4, 0.5) is 11.5 Å². The highest BCUT2D eigenvalue weighted by Crippen LogP contribution is 2.24. The summed E-state index contributed by atoms with van der Waals surface area (Å²) >= 11 is 0. The number of hydrogen-bond donors (Lipinski definition) is 2. The molecule has 0 atom stereocenters. The lowest BCUT2D eigenvalue weighted by atomic mass is 9.98. The molecule has 0 bridgehead atoms. The zero-order valence-electron chi connectivity index (χ0n) is 20.5. The quantitative estimate of drug-likeness (QED) is 0.340. The molecule has 1 aromatic heterocycles. The average Bonchev–Trinajstić information content (AvgIpc) is 2.93. The van der Waals surface area contributed by atoms with E-state index >= 15 is 0 Å². The molecule has 1 saturated heterocycles. The molecule has 0 aliphatic carbocycles. The molecule has 1 amide bonds. The number of hydrogen-bond acceptors (Lipinski definition) is 5. The fourth-order valence-electron chi connectivity index (χ4n) is 4.65. The van der Waals surface area contributed by atoms with E-state index in [0.717, 1.165) is 48.1 Å². The van der Waals surface area contributed by atoms with Crippen LogP contribution in [0.2, 0.25) is 0 Å². The van der Waals surface area contributed by atoms with Crippen LogP contribution in [0, 0.1) is 5.92 Å². The van der Waals surface area contributed by atoms with Gasteiger partial charge in [-0.05, 0) is 65.4 Å². The smallest absolute Gasteiger partial charge is 0.335 e. The number of amides is 1. The van der Waals surface area contributed by atoms with Crippen molar-refractivity contribution in [3.63, 3.8) is 0 Å². The first-order valence-corrected chi connectivity index (χ1v) is 12.5. The van der Waals surface area contributed by atoms with E-state index in [9.17, 15) is 9.59 Å². The van der Waals surface area contributed by atoms with E-state index in [0.29, 0.717) is 30.4 Å². The second kappa shape index (κ2) is 11.1. The highest BCUT2D eigenvalue weighted by molar-refractivity contribution is 5.93. The van der Waals surface area contributed by atoms with Gasteiger partial charge in [-0.1, -0.05) is 48.5 Å². The number of carboxylic acid groups (broad SMARTS) is 1. The monoisotopic (exact) mass is 495 g/mol. The second-order valence-corrected chi connectivity index (χ2v) is 9.39. The lowest BCUT2D eigenvalue weighted by Crippen LogP contribution is -2.36. The van der Waals surface area contributed by atoms with Crippen molar-refractivity contribution < 1.29 is 19.4 Å². The molecular formula is C30H29N3O4. The molecular weight excluding hydrogens is 466 g/mol. The van der Waals surface area contributed by atoms with Gasteiger partial charge in [-0.25, -0.2) is 9.78 Å². The standard InChI is InChI=1S/C30H29N3O4/c34-29(17-22-8-9-23-4-1-2-5-24(23)16-22)32-26-10-11-28(31-19-26)33-14-12-21(13-15-33)20-37-27-7-3-6-25(18-27)30(35)36/h1-11,16,18-19,21H,12-15,17,20H2,(H,32,34)(H,35,36). The zero-order chi connectivity index (χ0) is 25.6. The van der Waals surface area contributed by atoms with Crippen molar-refractivity contribution in [1.29, 1.82) is 0 Å². The first-order valence-electron chi connectivity index (χ1n) is 12.5. The predicted molar refractivity (Wildman–Crippen MR) is 144 cm³/mol. The van der Waals surface area contributed by atoms with E-state index in [1.54, 1.807) is 30.5 Å². The molecule has 3 aromatic carbocycles. The first kappa shape index (κ1) is 24.3. The SMILES string of the molecule is O=C(Cc1ccc2ccccc2c1)Nc1ccc(N2CCC(COc3cccc(C(=O)O)c3)CC2)nc1. The topological polar surface area (TPSA) is 91.8 Å². The summed E-state index contributed by atoms with van der Waals surface area (Å²) in [6.07, 6.45) is 3.94. The summed E-state index contributed by atoms with van der Waals surface area (Å²) in [5, 5.41) is 14.4. The molecule has 5 rings (SSSR count). The van der Waals surface area contributed by atoms with E-state index in [2.05, 4.69) is 33.4 Å². The first-order chi connectivity index (χ1) is 18.0. The molecule has 0 saturated carbocycles. The number of rotatable bonds is 8. The Morgan fingerprint density at radius 3 is 2.51 bits per heavy atom. The van der Waals surface area contributed by atoms with Crippen molar-refractivity contribution >= 4 is 34.2 Å². The van der Waals surface area contributed by atoms with Crippen molar-refractivity contribution in [3.05, 3.63) is 96.2 Å². The van der Waals surface area contributed by atoms with Crippen LogP contribution in [-0.4, -0.2) is 41.7 Å². The average molecular weight is 496 g/mol. The Morgan fingerprint density at radius 1 is 0.946 bits per heavy atom. The van der Waals surface area contributed by atoms with E-state index in [-0.39, 0.29) is 11.5 Å². The van der Waals surface area contributed by atoms with Crippen molar-refractivity contribution in [2.24, 2.45) is 5.92 Å². The minimum Gasteiger partial charge on any atom is -0.493 e.